The van der Waals surface area contributed by atoms with Gasteiger partial charge in [-0.3, -0.25) is 9.20 Å². The first-order valence-corrected chi connectivity index (χ1v) is 8.13. The molecule has 1 aliphatic heterocycles. The van der Waals surface area contributed by atoms with E-state index in [-0.39, 0.29) is 12.0 Å². The molecule has 1 aromatic carbocycles. The van der Waals surface area contributed by atoms with Gasteiger partial charge in [-0.1, -0.05) is 12.1 Å². The molecule has 1 amide bonds. The molecule has 1 saturated heterocycles. The van der Waals surface area contributed by atoms with Crippen molar-refractivity contribution in [3.8, 4) is 11.3 Å². The fourth-order valence-corrected chi connectivity index (χ4v) is 3.30. The molecule has 6 heteroatoms. The number of rotatable bonds is 3. The van der Waals surface area contributed by atoms with Gasteiger partial charge in [-0.2, -0.15) is 0 Å². The zero-order chi connectivity index (χ0) is 14.9. The number of benzene rings is 1. The number of fused-ring (bicyclic) bond motifs is 1. The monoisotopic (exact) mass is 313 g/mol. The topological polar surface area (TPSA) is 55.6 Å². The van der Waals surface area contributed by atoms with E-state index >= 15 is 0 Å². The number of imidazole rings is 1. The lowest BCUT2D eigenvalue weighted by Gasteiger charge is -2.10. The highest BCUT2D eigenvalue weighted by Gasteiger charge is 2.23. The van der Waals surface area contributed by atoms with Crippen LogP contribution in [0.1, 0.15) is 12.8 Å². The van der Waals surface area contributed by atoms with Crippen molar-refractivity contribution in [3.63, 3.8) is 0 Å². The Bertz CT molecular complexity index is 772. The van der Waals surface area contributed by atoms with E-state index in [4.69, 9.17) is 4.74 Å². The van der Waals surface area contributed by atoms with Gasteiger partial charge in [0.05, 0.1) is 5.69 Å². The molecule has 1 N–H and O–H groups in total. The molecule has 0 saturated carbocycles. The summed E-state index contributed by atoms with van der Waals surface area (Å²) in [4.78, 5) is 17.6. The molecule has 112 valence electrons. The first-order chi connectivity index (χ1) is 10.8. The summed E-state index contributed by atoms with van der Waals surface area (Å²) in [7, 11) is 0. The number of nitrogens with zero attached hydrogens (tertiary/aromatic N) is 2. The average Bonchev–Trinajstić information content (AvgIpc) is 3.24. The largest absolute Gasteiger partial charge is 0.368 e. The van der Waals surface area contributed by atoms with Crippen LogP contribution < -0.4 is 5.32 Å². The molecular formula is C16H15N3O2S. The molecule has 2 aromatic heterocycles. The van der Waals surface area contributed by atoms with Gasteiger partial charge in [-0.25, -0.2) is 4.98 Å². The van der Waals surface area contributed by atoms with E-state index < -0.39 is 0 Å². The average molecular weight is 313 g/mol. The van der Waals surface area contributed by atoms with Crippen molar-refractivity contribution < 1.29 is 9.53 Å². The van der Waals surface area contributed by atoms with E-state index in [0.717, 1.165) is 34.7 Å². The Morgan fingerprint density at radius 2 is 2.23 bits per heavy atom. The molecule has 3 heterocycles. The molecule has 0 unspecified atom stereocenters. The summed E-state index contributed by atoms with van der Waals surface area (Å²) in [5.74, 6) is -0.0623. The first-order valence-electron chi connectivity index (χ1n) is 7.25. The molecule has 1 atom stereocenters. The highest BCUT2D eigenvalue weighted by molar-refractivity contribution is 7.15. The van der Waals surface area contributed by atoms with Crippen molar-refractivity contribution in [2.24, 2.45) is 0 Å². The molecule has 1 aliphatic rings. The molecule has 4 rings (SSSR count). The summed E-state index contributed by atoms with van der Waals surface area (Å²) < 4.78 is 7.39. The van der Waals surface area contributed by atoms with Crippen molar-refractivity contribution in [1.82, 2.24) is 9.38 Å². The number of anilines is 1. The number of amides is 1. The Labute approximate surface area is 131 Å². The van der Waals surface area contributed by atoms with Crippen molar-refractivity contribution in [3.05, 3.63) is 42.0 Å². The minimum atomic E-state index is -0.306. The second-order valence-electron chi connectivity index (χ2n) is 5.29. The van der Waals surface area contributed by atoms with Gasteiger partial charge in [0.1, 0.15) is 6.10 Å². The SMILES string of the molecule is O=C(Nc1ccc(-c2cn3ccsc3n2)cc1)[C@@H]1CCCO1. The Balaban J connectivity index is 1.50. The Kier molecular flexibility index (Phi) is 3.40. The van der Waals surface area contributed by atoms with Crippen LogP contribution in [0.5, 0.6) is 0 Å². The number of carbonyl (C=O) groups is 1. The normalized spacial score (nSPS) is 17.9. The number of aromatic nitrogens is 2. The molecule has 5 nitrogen and oxygen atoms in total. The molecule has 0 radical (unpaired) electrons. The number of carbonyl (C=O) groups excluding carboxylic acids is 1. The van der Waals surface area contributed by atoms with Crippen molar-refractivity contribution in [2.45, 2.75) is 18.9 Å². The lowest BCUT2D eigenvalue weighted by molar-refractivity contribution is -0.124. The van der Waals surface area contributed by atoms with E-state index in [2.05, 4.69) is 10.3 Å². The predicted molar refractivity (Wildman–Crippen MR) is 86.1 cm³/mol. The van der Waals surface area contributed by atoms with E-state index in [1.807, 2.05) is 46.4 Å². The highest BCUT2D eigenvalue weighted by atomic mass is 32.1. The van der Waals surface area contributed by atoms with Gasteiger partial charge in [-0.05, 0) is 25.0 Å². The summed E-state index contributed by atoms with van der Waals surface area (Å²) in [6, 6.07) is 7.74. The molecular weight excluding hydrogens is 298 g/mol. The lowest BCUT2D eigenvalue weighted by atomic mass is 10.1. The van der Waals surface area contributed by atoms with Crippen LogP contribution in [0.4, 0.5) is 5.69 Å². The van der Waals surface area contributed by atoms with Gasteiger partial charge in [0.15, 0.2) is 4.96 Å². The maximum atomic E-state index is 12.0. The van der Waals surface area contributed by atoms with E-state index in [9.17, 15) is 4.79 Å². The molecule has 0 bridgehead atoms. The van der Waals surface area contributed by atoms with Crippen LogP contribution in [0.25, 0.3) is 16.2 Å². The van der Waals surface area contributed by atoms with Crippen LogP contribution in [0.3, 0.4) is 0 Å². The van der Waals surface area contributed by atoms with E-state index in [0.29, 0.717) is 6.61 Å². The number of ether oxygens (including phenoxy) is 1. The maximum Gasteiger partial charge on any atom is 0.253 e. The van der Waals surface area contributed by atoms with Gasteiger partial charge in [0.2, 0.25) is 0 Å². The quantitative estimate of drug-likeness (QED) is 0.808. The van der Waals surface area contributed by atoms with Crippen LogP contribution in [-0.2, 0) is 9.53 Å². The fourth-order valence-electron chi connectivity index (χ4n) is 2.60. The molecule has 22 heavy (non-hydrogen) atoms. The van der Waals surface area contributed by atoms with Gasteiger partial charge < -0.3 is 10.1 Å². The van der Waals surface area contributed by atoms with Crippen LogP contribution in [-0.4, -0.2) is 28.0 Å². The predicted octanol–water partition coefficient (Wildman–Crippen LogP) is 3.18. The number of thiazole rings is 1. The molecule has 1 fully saturated rings. The number of hydrogen-bond donors (Lipinski definition) is 1. The van der Waals surface area contributed by atoms with Gasteiger partial charge in [0, 0.05) is 35.6 Å². The Hall–Kier alpha value is -2.18. The lowest BCUT2D eigenvalue weighted by Crippen LogP contribution is -2.26. The van der Waals surface area contributed by atoms with Crippen LogP contribution in [0, 0.1) is 0 Å². The van der Waals surface area contributed by atoms with Crippen molar-refractivity contribution >= 4 is 27.9 Å². The van der Waals surface area contributed by atoms with Gasteiger partial charge in [0.25, 0.3) is 5.91 Å². The third-order valence-electron chi connectivity index (χ3n) is 3.76. The van der Waals surface area contributed by atoms with Crippen molar-refractivity contribution in [2.75, 3.05) is 11.9 Å². The third kappa shape index (κ3) is 2.51. The van der Waals surface area contributed by atoms with Crippen LogP contribution >= 0.6 is 11.3 Å². The van der Waals surface area contributed by atoms with Crippen molar-refractivity contribution in [1.29, 1.82) is 0 Å². The van der Waals surface area contributed by atoms with E-state index in [1.165, 1.54) is 0 Å². The summed E-state index contributed by atoms with van der Waals surface area (Å²) in [6.45, 7) is 0.675. The fraction of sp³-hybridized carbons (Fsp3) is 0.250. The zero-order valence-electron chi connectivity index (χ0n) is 11.9. The highest BCUT2D eigenvalue weighted by Crippen LogP contribution is 2.23. The Morgan fingerprint density at radius 3 is 2.95 bits per heavy atom. The Morgan fingerprint density at radius 1 is 1.36 bits per heavy atom. The first kappa shape index (κ1) is 13.5. The number of nitrogens with one attached hydrogen (secondary N) is 1. The standard InChI is InChI=1S/C16H15N3O2S/c20-15(14-2-1-8-21-14)17-12-5-3-11(4-6-12)13-10-19-7-9-22-16(19)18-13/h3-7,9-10,14H,1-2,8H2,(H,17,20)/t14-/m0/s1. The van der Waals surface area contributed by atoms with Gasteiger partial charge >= 0.3 is 0 Å². The minimum Gasteiger partial charge on any atom is -0.368 e. The number of hydrogen-bond acceptors (Lipinski definition) is 4. The second-order valence-corrected chi connectivity index (χ2v) is 6.16. The zero-order valence-corrected chi connectivity index (χ0v) is 12.7. The summed E-state index contributed by atoms with van der Waals surface area (Å²) in [5, 5.41) is 4.91. The minimum absolute atomic E-state index is 0.0623. The second kappa shape index (κ2) is 5.55. The van der Waals surface area contributed by atoms with Crippen LogP contribution in [0.2, 0.25) is 0 Å². The van der Waals surface area contributed by atoms with E-state index in [1.54, 1.807) is 11.3 Å². The molecule has 3 aromatic rings. The summed E-state index contributed by atoms with van der Waals surface area (Å²) in [6.07, 6.45) is 5.45. The molecule has 0 spiro atoms. The smallest absolute Gasteiger partial charge is 0.253 e. The maximum absolute atomic E-state index is 12.0. The summed E-state index contributed by atoms with van der Waals surface area (Å²) >= 11 is 1.61. The third-order valence-corrected chi connectivity index (χ3v) is 4.53. The molecule has 0 aliphatic carbocycles. The van der Waals surface area contributed by atoms with Gasteiger partial charge in [-0.15, -0.1) is 11.3 Å². The summed E-state index contributed by atoms with van der Waals surface area (Å²) in [5.41, 5.74) is 2.75. The van der Waals surface area contributed by atoms with Crippen LogP contribution in [0.15, 0.2) is 42.0 Å².